The molecule has 0 amide bonds. The Hall–Kier alpha value is -4.05. The summed E-state index contributed by atoms with van der Waals surface area (Å²) in [6.07, 6.45) is 9.06. The molecular formula is C44H52O9. The number of aliphatic hydroxyl groups is 1. The fourth-order valence-corrected chi connectivity index (χ4v) is 9.61. The molecule has 1 N–H and O–H groups in total. The second-order valence-electron chi connectivity index (χ2n) is 16.1. The van der Waals surface area contributed by atoms with Crippen LogP contribution >= 0.6 is 0 Å². The fraction of sp³-hybridized carbons (Fsp3) is 0.523. The number of hydrogen-bond donors (Lipinski definition) is 1. The van der Waals surface area contributed by atoms with E-state index in [9.17, 15) is 19.5 Å². The van der Waals surface area contributed by atoms with Crippen molar-refractivity contribution < 1.29 is 38.1 Å². The van der Waals surface area contributed by atoms with Gasteiger partial charge in [0.25, 0.3) is 0 Å². The van der Waals surface area contributed by atoms with Crippen LogP contribution in [0.15, 0.2) is 99.9 Å². The van der Waals surface area contributed by atoms with E-state index >= 15 is 0 Å². The molecule has 7 rings (SSSR count). The zero-order valence-electron chi connectivity index (χ0n) is 31.0. The van der Waals surface area contributed by atoms with Crippen LogP contribution in [0.5, 0.6) is 0 Å². The van der Waals surface area contributed by atoms with E-state index in [4.69, 9.17) is 23.4 Å². The summed E-state index contributed by atoms with van der Waals surface area (Å²) in [5.74, 6) is -0.409. The molecule has 10 atom stereocenters. The highest BCUT2D eigenvalue weighted by Crippen LogP contribution is 2.57. The third-order valence-corrected chi connectivity index (χ3v) is 12.6. The van der Waals surface area contributed by atoms with Crippen LogP contribution < -0.4 is 5.63 Å². The fourth-order valence-electron chi connectivity index (χ4n) is 9.61. The van der Waals surface area contributed by atoms with E-state index in [1.165, 1.54) is 17.9 Å². The number of hydrogen-bond acceptors (Lipinski definition) is 9. The van der Waals surface area contributed by atoms with Gasteiger partial charge in [-0.2, -0.15) is 0 Å². The van der Waals surface area contributed by atoms with E-state index in [2.05, 4.69) is 13.0 Å². The van der Waals surface area contributed by atoms with Crippen LogP contribution in [0, 0.1) is 23.2 Å². The lowest BCUT2D eigenvalue weighted by Gasteiger charge is -2.52. The van der Waals surface area contributed by atoms with E-state index in [0.717, 1.165) is 56.9 Å². The lowest BCUT2D eigenvalue weighted by molar-refractivity contribution is -0.266. The van der Waals surface area contributed by atoms with Crippen LogP contribution in [0.2, 0.25) is 0 Å². The molecule has 3 unspecified atom stereocenters. The summed E-state index contributed by atoms with van der Waals surface area (Å²) >= 11 is 0. The summed E-state index contributed by atoms with van der Waals surface area (Å²) in [6.45, 7) is 6.53. The Kier molecular flexibility index (Phi) is 11.1. The summed E-state index contributed by atoms with van der Waals surface area (Å²) in [5, 5.41) is 11.9. The minimum atomic E-state index is -0.983. The number of esters is 2. The first-order valence-corrected chi connectivity index (χ1v) is 19.3. The van der Waals surface area contributed by atoms with Crippen LogP contribution in [0.25, 0.3) is 0 Å². The molecule has 2 aromatic carbocycles. The van der Waals surface area contributed by atoms with E-state index in [0.29, 0.717) is 29.4 Å². The second kappa shape index (κ2) is 15.7. The van der Waals surface area contributed by atoms with Crippen LogP contribution in [0.4, 0.5) is 0 Å². The zero-order chi connectivity index (χ0) is 37.2. The third-order valence-electron chi connectivity index (χ3n) is 12.6. The van der Waals surface area contributed by atoms with E-state index < -0.39 is 36.0 Å². The van der Waals surface area contributed by atoms with Crippen molar-refractivity contribution in [3.8, 4) is 0 Å². The van der Waals surface area contributed by atoms with E-state index in [-0.39, 0.29) is 35.6 Å². The molecule has 0 spiro atoms. The molecule has 2 heterocycles. The van der Waals surface area contributed by atoms with Crippen molar-refractivity contribution in [1.29, 1.82) is 0 Å². The molecule has 1 aliphatic heterocycles. The van der Waals surface area contributed by atoms with Gasteiger partial charge in [-0.25, -0.2) is 14.4 Å². The van der Waals surface area contributed by atoms with Gasteiger partial charge < -0.3 is 28.5 Å². The van der Waals surface area contributed by atoms with Gasteiger partial charge >= 0.3 is 17.6 Å². The number of rotatable bonds is 7. The summed E-state index contributed by atoms with van der Waals surface area (Å²) < 4.78 is 30.4. The maximum Gasteiger partial charge on any atom is 0.338 e. The Morgan fingerprint density at radius 2 is 1.49 bits per heavy atom. The molecule has 9 nitrogen and oxygen atoms in total. The molecule has 3 aliphatic carbocycles. The average molecular weight is 725 g/mol. The Labute approximate surface area is 311 Å². The molecule has 1 aromatic heterocycles. The minimum absolute atomic E-state index is 0.0346. The number of allylic oxidation sites excluding steroid dienone is 1. The Morgan fingerprint density at radius 1 is 0.811 bits per heavy atom. The van der Waals surface area contributed by atoms with Gasteiger partial charge in [-0.15, -0.1) is 0 Å². The van der Waals surface area contributed by atoms with Gasteiger partial charge in [-0.05, 0) is 105 Å². The summed E-state index contributed by atoms with van der Waals surface area (Å²) in [5.41, 5.74) is 1.72. The van der Waals surface area contributed by atoms with Crippen LogP contribution in [0.1, 0.15) is 111 Å². The molecule has 3 fully saturated rings. The van der Waals surface area contributed by atoms with E-state index in [1.807, 2.05) is 26.0 Å². The Bertz CT molecular complexity index is 1800. The number of ether oxygens (including phenoxy) is 4. The average Bonchev–Trinajstić information content (AvgIpc) is 3.22. The number of benzene rings is 2. The summed E-state index contributed by atoms with van der Waals surface area (Å²) in [4.78, 5) is 38.4. The van der Waals surface area contributed by atoms with Gasteiger partial charge in [0, 0.05) is 17.9 Å². The van der Waals surface area contributed by atoms with Crippen LogP contribution in [0.3, 0.4) is 0 Å². The molecule has 9 heteroatoms. The first kappa shape index (κ1) is 37.3. The largest absolute Gasteiger partial charge is 0.454 e. The number of fused-ring (bicyclic) bond motifs is 3. The predicted octanol–water partition coefficient (Wildman–Crippen LogP) is 8.02. The van der Waals surface area contributed by atoms with Gasteiger partial charge in [-0.1, -0.05) is 74.7 Å². The van der Waals surface area contributed by atoms with Gasteiger partial charge in [0.15, 0.2) is 12.4 Å². The van der Waals surface area contributed by atoms with Crippen molar-refractivity contribution in [1.82, 2.24) is 0 Å². The molecule has 0 bridgehead atoms. The first-order chi connectivity index (χ1) is 25.5. The van der Waals surface area contributed by atoms with Crippen molar-refractivity contribution >= 4 is 11.9 Å². The molecule has 53 heavy (non-hydrogen) atoms. The SMILES string of the molecule is C[C@H]1COC(O[C@@H]2C=C3CCC4CCC[C@H](c5ccc(=O)oc5)[C@](C)(O)CCC4[C@@]3(C)CC2)[C@@H](OC(=O)c2ccccc2)[C@@H]1OC(=O)c1ccccc1. The van der Waals surface area contributed by atoms with Crippen molar-refractivity contribution in [2.75, 3.05) is 6.61 Å². The van der Waals surface area contributed by atoms with Gasteiger partial charge in [0.1, 0.15) is 6.10 Å². The molecule has 1 saturated heterocycles. The van der Waals surface area contributed by atoms with Crippen molar-refractivity contribution in [3.05, 3.63) is 118 Å². The lowest BCUT2D eigenvalue weighted by Crippen LogP contribution is -2.55. The third kappa shape index (κ3) is 8.08. The smallest absolute Gasteiger partial charge is 0.338 e. The van der Waals surface area contributed by atoms with Crippen molar-refractivity contribution in [2.24, 2.45) is 23.2 Å². The summed E-state index contributed by atoms with van der Waals surface area (Å²) in [7, 11) is 0. The maximum absolute atomic E-state index is 13.4. The number of carbonyl (C=O) groups excluding carboxylic acids is 2. The standard InChI is InChI=1S/C44H52O9/c1-28-26-50-42(39(53-41(47)31-13-8-5-9-14-31)38(28)52-40(46)30-11-6-4-7-12-30)51-34-21-23-43(2)33(25-34)19-17-29-15-10-16-36(32-18-20-37(45)49-27-32)44(3,48)24-22-35(29)43/h4-9,11-14,18,20,25,27-29,34-36,38-39,42,48H,10,15-17,19,21-24,26H2,1-3H3/t28-,29?,34-,35?,36+,38+,39-,42?,43-,44+/m0/s1. The highest BCUT2D eigenvalue weighted by atomic mass is 16.7. The second-order valence-corrected chi connectivity index (χ2v) is 16.1. The highest BCUT2D eigenvalue weighted by molar-refractivity contribution is 5.90. The lowest BCUT2D eigenvalue weighted by atomic mass is 9.54. The topological polar surface area (TPSA) is 122 Å². The molecule has 0 radical (unpaired) electrons. The molecule has 4 aliphatic rings. The molecule has 2 saturated carbocycles. The monoisotopic (exact) mass is 724 g/mol. The first-order valence-electron chi connectivity index (χ1n) is 19.3. The Balaban J connectivity index is 1.10. The van der Waals surface area contributed by atoms with Crippen molar-refractivity contribution in [2.45, 2.75) is 115 Å². The highest BCUT2D eigenvalue weighted by Gasteiger charge is 2.50. The Morgan fingerprint density at radius 3 is 2.15 bits per heavy atom. The molecular weight excluding hydrogens is 672 g/mol. The number of carbonyl (C=O) groups is 2. The van der Waals surface area contributed by atoms with Crippen LogP contribution in [-0.4, -0.2) is 53.9 Å². The van der Waals surface area contributed by atoms with Crippen molar-refractivity contribution in [3.63, 3.8) is 0 Å². The molecule has 282 valence electrons. The summed E-state index contributed by atoms with van der Waals surface area (Å²) in [6, 6.07) is 20.8. The van der Waals surface area contributed by atoms with Gasteiger partial charge in [0.05, 0.1) is 35.7 Å². The normalized spacial score (nSPS) is 34.5. The predicted molar refractivity (Wildman–Crippen MR) is 198 cm³/mol. The minimum Gasteiger partial charge on any atom is -0.454 e. The zero-order valence-corrected chi connectivity index (χ0v) is 31.0. The van der Waals surface area contributed by atoms with E-state index in [1.54, 1.807) is 54.6 Å². The maximum atomic E-state index is 13.4. The van der Waals surface area contributed by atoms with Gasteiger partial charge in [0.2, 0.25) is 0 Å². The molecule has 3 aromatic rings. The van der Waals surface area contributed by atoms with Crippen LogP contribution in [-0.2, 0) is 18.9 Å². The quantitative estimate of drug-likeness (QED) is 0.191. The van der Waals surface area contributed by atoms with Gasteiger partial charge in [-0.3, -0.25) is 0 Å².